The fourth-order valence-electron chi connectivity index (χ4n) is 5.06. The minimum absolute atomic E-state index is 0.0326. The van der Waals surface area contributed by atoms with Crippen molar-refractivity contribution in [2.24, 2.45) is 13.0 Å². The van der Waals surface area contributed by atoms with Crippen LogP contribution in [0.1, 0.15) is 49.2 Å². The third kappa shape index (κ3) is 5.81. The number of carbonyl (C=O) groups excluding carboxylic acids is 3. The van der Waals surface area contributed by atoms with Crippen LogP contribution in [0.25, 0.3) is 0 Å². The number of amides is 2. The number of likely N-dealkylation sites (tertiary alicyclic amines) is 1. The molecular formula is C27H34N4O4. The lowest BCUT2D eigenvalue weighted by Crippen LogP contribution is -2.49. The number of hydrogen-bond donors (Lipinski definition) is 0. The SMILES string of the molecule is CN(C(=O)c1ccn(C)n1)[C@@H](Cc1ccccc1)C1CCN(C(=O)C2=CC(=O)CC(C)(C)O2)CC1. The summed E-state index contributed by atoms with van der Waals surface area (Å²) in [6.45, 7) is 4.74. The van der Waals surface area contributed by atoms with E-state index in [1.165, 1.54) is 6.08 Å². The number of aryl methyl sites for hydroxylation is 1. The highest BCUT2D eigenvalue weighted by Gasteiger charge is 2.37. The minimum atomic E-state index is -0.676. The first-order valence-corrected chi connectivity index (χ1v) is 12.2. The van der Waals surface area contributed by atoms with Crippen molar-refractivity contribution in [3.8, 4) is 0 Å². The molecule has 0 N–H and O–H groups in total. The zero-order valence-electron chi connectivity index (χ0n) is 20.9. The number of aromatic nitrogens is 2. The molecule has 0 unspecified atom stereocenters. The number of hydrogen-bond acceptors (Lipinski definition) is 5. The van der Waals surface area contributed by atoms with Gasteiger partial charge in [0.05, 0.1) is 0 Å². The van der Waals surface area contributed by atoms with Gasteiger partial charge in [0.1, 0.15) is 11.3 Å². The molecule has 1 aromatic carbocycles. The second kappa shape index (κ2) is 10.1. The van der Waals surface area contributed by atoms with Crippen LogP contribution in [0.2, 0.25) is 0 Å². The van der Waals surface area contributed by atoms with Gasteiger partial charge in [-0.25, -0.2) is 0 Å². The van der Waals surface area contributed by atoms with Gasteiger partial charge >= 0.3 is 0 Å². The zero-order chi connectivity index (χ0) is 25.2. The first-order valence-electron chi connectivity index (χ1n) is 12.2. The standard InChI is InChI=1S/C27H34N4O4/c1-27(2)18-21(32)17-24(35-27)26(34)31-14-10-20(11-15-31)23(16-19-8-6-5-7-9-19)30(4)25(33)22-12-13-29(3)28-22/h5-9,12-13,17,20,23H,10-11,14-16,18H2,1-4H3/t23-/m0/s1. The fraction of sp³-hybridized carbons (Fsp3) is 0.481. The van der Waals surface area contributed by atoms with E-state index in [-0.39, 0.29) is 41.7 Å². The summed E-state index contributed by atoms with van der Waals surface area (Å²) in [7, 11) is 3.64. The van der Waals surface area contributed by atoms with Crippen LogP contribution in [0.3, 0.4) is 0 Å². The van der Waals surface area contributed by atoms with Crippen LogP contribution in [0.5, 0.6) is 0 Å². The predicted molar refractivity (Wildman–Crippen MR) is 131 cm³/mol. The molecule has 186 valence electrons. The van der Waals surface area contributed by atoms with Gasteiger partial charge in [-0.3, -0.25) is 19.1 Å². The van der Waals surface area contributed by atoms with E-state index in [9.17, 15) is 14.4 Å². The van der Waals surface area contributed by atoms with Crippen LogP contribution >= 0.6 is 0 Å². The Labute approximate surface area is 206 Å². The summed E-state index contributed by atoms with van der Waals surface area (Å²) in [5.41, 5.74) is 0.914. The van der Waals surface area contributed by atoms with Gasteiger partial charge in [-0.2, -0.15) is 5.10 Å². The minimum Gasteiger partial charge on any atom is -0.481 e. The summed E-state index contributed by atoms with van der Waals surface area (Å²) in [5.74, 6) is -0.0741. The van der Waals surface area contributed by atoms with Crippen LogP contribution < -0.4 is 0 Å². The lowest BCUT2D eigenvalue weighted by atomic mass is 9.84. The third-order valence-corrected chi connectivity index (χ3v) is 6.90. The van der Waals surface area contributed by atoms with E-state index in [1.54, 1.807) is 28.9 Å². The average Bonchev–Trinajstić information content (AvgIpc) is 3.27. The molecule has 2 aromatic rings. The molecule has 8 heteroatoms. The van der Waals surface area contributed by atoms with Crippen molar-refractivity contribution < 1.29 is 19.1 Å². The molecule has 0 bridgehead atoms. The predicted octanol–water partition coefficient (Wildman–Crippen LogP) is 2.99. The lowest BCUT2D eigenvalue weighted by molar-refractivity contribution is -0.139. The van der Waals surface area contributed by atoms with Crippen LogP contribution in [-0.2, 0) is 27.8 Å². The Morgan fingerprint density at radius 1 is 1.17 bits per heavy atom. The molecule has 0 saturated carbocycles. The van der Waals surface area contributed by atoms with Crippen molar-refractivity contribution in [2.45, 2.75) is 51.2 Å². The molecule has 1 fully saturated rings. The number of rotatable bonds is 6. The number of likely N-dealkylation sites (N-methyl/N-ethyl adjacent to an activating group) is 1. The van der Waals surface area contributed by atoms with Gasteiger partial charge in [0.25, 0.3) is 11.8 Å². The normalized spacial score (nSPS) is 19.0. The molecule has 0 aliphatic carbocycles. The Morgan fingerprint density at radius 3 is 2.46 bits per heavy atom. The molecule has 3 heterocycles. The van der Waals surface area contributed by atoms with Crippen LogP contribution in [-0.4, -0.2) is 69.0 Å². The number of ether oxygens (including phenoxy) is 1. The average molecular weight is 479 g/mol. The highest BCUT2D eigenvalue weighted by Crippen LogP contribution is 2.30. The van der Waals surface area contributed by atoms with E-state index in [0.717, 1.165) is 24.8 Å². The van der Waals surface area contributed by atoms with Gasteiger partial charge in [0, 0.05) is 51.9 Å². The van der Waals surface area contributed by atoms with Crippen LogP contribution in [0.4, 0.5) is 0 Å². The topological polar surface area (TPSA) is 84.7 Å². The summed E-state index contributed by atoms with van der Waals surface area (Å²) < 4.78 is 7.45. The maximum Gasteiger partial charge on any atom is 0.289 e. The van der Waals surface area contributed by atoms with Gasteiger partial charge < -0.3 is 14.5 Å². The quantitative estimate of drug-likeness (QED) is 0.637. The van der Waals surface area contributed by atoms with E-state index in [4.69, 9.17) is 4.74 Å². The van der Waals surface area contributed by atoms with Crippen molar-refractivity contribution in [1.29, 1.82) is 0 Å². The summed E-state index contributed by atoms with van der Waals surface area (Å²) in [6, 6.07) is 11.9. The number of benzene rings is 1. The monoisotopic (exact) mass is 478 g/mol. The maximum absolute atomic E-state index is 13.2. The molecule has 8 nitrogen and oxygen atoms in total. The largest absolute Gasteiger partial charge is 0.481 e. The molecular weight excluding hydrogens is 444 g/mol. The molecule has 2 aliphatic rings. The summed E-state index contributed by atoms with van der Waals surface area (Å²) in [5, 5.41) is 4.30. The van der Waals surface area contributed by atoms with E-state index in [0.29, 0.717) is 18.8 Å². The molecule has 4 rings (SSSR count). The Bertz CT molecular complexity index is 1110. The van der Waals surface area contributed by atoms with Gasteiger partial charge in [-0.05, 0) is 50.7 Å². The van der Waals surface area contributed by atoms with Gasteiger partial charge in [0.2, 0.25) is 0 Å². The highest BCUT2D eigenvalue weighted by atomic mass is 16.5. The Kier molecular flexibility index (Phi) is 7.10. The molecule has 0 radical (unpaired) electrons. The number of nitrogens with zero attached hydrogens (tertiary/aromatic N) is 4. The fourth-order valence-corrected chi connectivity index (χ4v) is 5.06. The van der Waals surface area contributed by atoms with E-state index < -0.39 is 5.60 Å². The Hall–Kier alpha value is -3.42. The molecule has 1 saturated heterocycles. The maximum atomic E-state index is 13.2. The first-order chi connectivity index (χ1) is 16.6. The smallest absolute Gasteiger partial charge is 0.289 e. The van der Waals surface area contributed by atoms with Gasteiger partial charge in [-0.1, -0.05) is 30.3 Å². The number of ketones is 1. The molecule has 1 atom stereocenters. The molecule has 2 amide bonds. The lowest BCUT2D eigenvalue weighted by Gasteiger charge is -2.40. The molecule has 2 aliphatic heterocycles. The highest BCUT2D eigenvalue weighted by molar-refractivity contribution is 6.01. The van der Waals surface area contributed by atoms with Gasteiger partial charge in [-0.15, -0.1) is 0 Å². The summed E-state index contributed by atoms with van der Waals surface area (Å²) >= 11 is 0. The first kappa shape index (κ1) is 24.7. The summed E-state index contributed by atoms with van der Waals surface area (Å²) in [6.07, 6.45) is 5.61. The van der Waals surface area contributed by atoms with Crippen molar-refractivity contribution >= 4 is 17.6 Å². The van der Waals surface area contributed by atoms with Crippen LogP contribution in [0.15, 0.2) is 54.4 Å². The van der Waals surface area contributed by atoms with E-state index >= 15 is 0 Å². The van der Waals surface area contributed by atoms with Crippen molar-refractivity contribution in [2.75, 3.05) is 20.1 Å². The molecule has 35 heavy (non-hydrogen) atoms. The van der Waals surface area contributed by atoms with Crippen molar-refractivity contribution in [3.63, 3.8) is 0 Å². The van der Waals surface area contributed by atoms with Crippen molar-refractivity contribution in [1.82, 2.24) is 19.6 Å². The molecule has 0 spiro atoms. The number of allylic oxidation sites excluding steroid dienone is 1. The van der Waals surface area contributed by atoms with E-state index in [1.807, 2.05) is 44.0 Å². The Balaban J connectivity index is 1.47. The van der Waals surface area contributed by atoms with Crippen molar-refractivity contribution in [3.05, 3.63) is 65.7 Å². The summed E-state index contributed by atoms with van der Waals surface area (Å²) in [4.78, 5) is 42.0. The second-order valence-electron chi connectivity index (χ2n) is 10.2. The number of carbonyl (C=O) groups is 3. The molecule has 1 aromatic heterocycles. The zero-order valence-corrected chi connectivity index (χ0v) is 20.9. The number of piperidine rings is 1. The second-order valence-corrected chi connectivity index (χ2v) is 10.2. The van der Waals surface area contributed by atoms with Crippen LogP contribution in [0, 0.1) is 5.92 Å². The van der Waals surface area contributed by atoms with Gasteiger partial charge in [0.15, 0.2) is 11.5 Å². The third-order valence-electron chi connectivity index (χ3n) is 6.90. The Morgan fingerprint density at radius 2 is 1.86 bits per heavy atom. The van der Waals surface area contributed by atoms with E-state index in [2.05, 4.69) is 17.2 Å².